The van der Waals surface area contributed by atoms with Crippen LogP contribution in [0.1, 0.15) is 25.8 Å². The summed E-state index contributed by atoms with van der Waals surface area (Å²) in [5.41, 5.74) is 8.68. The number of anilines is 1. The van der Waals surface area contributed by atoms with E-state index in [-0.39, 0.29) is 0 Å². The van der Waals surface area contributed by atoms with Crippen LogP contribution >= 0.6 is 0 Å². The summed E-state index contributed by atoms with van der Waals surface area (Å²) < 4.78 is 5.67. The molecule has 1 heterocycles. The number of nitrogens with two attached hydrogens (primary N) is 1. The van der Waals surface area contributed by atoms with Crippen molar-refractivity contribution in [3.63, 3.8) is 0 Å². The molecule has 0 aliphatic carbocycles. The number of rotatable bonds is 5. The zero-order chi connectivity index (χ0) is 13.0. The number of nitrogens with zero attached hydrogens (tertiary/aromatic N) is 1. The Hall–Kier alpha value is -1.06. The van der Waals surface area contributed by atoms with Crippen LogP contribution in [0.4, 0.5) is 5.69 Å². The van der Waals surface area contributed by atoms with Crippen molar-refractivity contribution in [3.8, 4) is 0 Å². The van der Waals surface area contributed by atoms with Crippen LogP contribution in [0.15, 0.2) is 24.3 Å². The van der Waals surface area contributed by atoms with Gasteiger partial charge in [0.2, 0.25) is 0 Å². The molecule has 1 aliphatic rings. The summed E-state index contributed by atoms with van der Waals surface area (Å²) in [7, 11) is 0. The van der Waals surface area contributed by atoms with Gasteiger partial charge in [0.15, 0.2) is 0 Å². The van der Waals surface area contributed by atoms with Crippen molar-refractivity contribution in [1.29, 1.82) is 0 Å². The van der Waals surface area contributed by atoms with Crippen LogP contribution in [0, 0.1) is 0 Å². The van der Waals surface area contributed by atoms with Gasteiger partial charge in [0.05, 0.1) is 12.7 Å². The average Bonchev–Trinajstić information content (AvgIpc) is 2.38. The summed E-state index contributed by atoms with van der Waals surface area (Å²) >= 11 is 0. The summed E-state index contributed by atoms with van der Waals surface area (Å²) in [4.78, 5) is 2.42. The molecule has 0 radical (unpaired) electrons. The van der Waals surface area contributed by atoms with Crippen LogP contribution < -0.4 is 10.6 Å². The van der Waals surface area contributed by atoms with Gasteiger partial charge in [0.1, 0.15) is 0 Å². The molecule has 0 amide bonds. The topological polar surface area (TPSA) is 38.5 Å². The normalized spacial score (nSPS) is 19.1. The van der Waals surface area contributed by atoms with E-state index >= 15 is 0 Å². The number of hydrogen-bond donors (Lipinski definition) is 1. The quantitative estimate of drug-likeness (QED) is 0.868. The van der Waals surface area contributed by atoms with Crippen molar-refractivity contribution in [3.05, 3.63) is 29.8 Å². The Morgan fingerprint density at radius 1 is 1.39 bits per heavy atom. The predicted octanol–water partition coefficient (Wildman–Crippen LogP) is 2.19. The molecule has 0 saturated heterocycles. The molecule has 1 unspecified atom stereocenters. The highest BCUT2D eigenvalue weighted by Gasteiger charge is 2.24. The maximum absolute atomic E-state index is 5.90. The van der Waals surface area contributed by atoms with Crippen LogP contribution in [-0.2, 0) is 11.2 Å². The molecule has 1 aromatic rings. The van der Waals surface area contributed by atoms with Gasteiger partial charge in [0.25, 0.3) is 0 Å². The SMILES string of the molecule is CC(C)OCCN1c2ccccc2CCC1CN. The molecule has 2 N–H and O–H groups in total. The first-order chi connectivity index (χ1) is 8.72. The predicted molar refractivity (Wildman–Crippen MR) is 76.0 cm³/mol. The van der Waals surface area contributed by atoms with E-state index in [1.807, 2.05) is 0 Å². The lowest BCUT2D eigenvalue weighted by Crippen LogP contribution is -2.45. The molecule has 1 atom stereocenters. The zero-order valence-corrected chi connectivity index (χ0v) is 11.4. The van der Waals surface area contributed by atoms with E-state index < -0.39 is 0 Å². The smallest absolute Gasteiger partial charge is 0.0645 e. The second-order valence-electron chi connectivity index (χ2n) is 5.17. The minimum Gasteiger partial charge on any atom is -0.377 e. The standard InChI is InChI=1S/C15H24N2O/c1-12(2)18-10-9-17-14(11-16)8-7-13-5-3-4-6-15(13)17/h3-6,12,14H,7-11,16H2,1-2H3. The van der Waals surface area contributed by atoms with E-state index in [9.17, 15) is 0 Å². The Labute approximate surface area is 110 Å². The van der Waals surface area contributed by atoms with Crippen LogP contribution in [0.5, 0.6) is 0 Å². The second kappa shape index (κ2) is 6.21. The third kappa shape index (κ3) is 3.03. The second-order valence-corrected chi connectivity index (χ2v) is 5.17. The highest BCUT2D eigenvalue weighted by Crippen LogP contribution is 2.29. The van der Waals surface area contributed by atoms with Gasteiger partial charge in [-0.2, -0.15) is 0 Å². The third-order valence-electron chi connectivity index (χ3n) is 3.54. The molecule has 0 bridgehead atoms. The van der Waals surface area contributed by atoms with Gasteiger partial charge in [0, 0.05) is 24.8 Å². The molecule has 0 aromatic heterocycles. The monoisotopic (exact) mass is 248 g/mol. The Morgan fingerprint density at radius 2 is 2.17 bits per heavy atom. The minimum atomic E-state index is 0.293. The molecule has 3 nitrogen and oxygen atoms in total. The molecule has 3 heteroatoms. The van der Waals surface area contributed by atoms with E-state index in [1.165, 1.54) is 11.3 Å². The Bertz CT molecular complexity index is 379. The first-order valence-corrected chi connectivity index (χ1v) is 6.88. The maximum atomic E-state index is 5.90. The van der Waals surface area contributed by atoms with Gasteiger partial charge >= 0.3 is 0 Å². The molecule has 100 valence electrons. The van der Waals surface area contributed by atoms with Crippen LogP contribution in [0.25, 0.3) is 0 Å². The van der Waals surface area contributed by atoms with Crippen LogP contribution in [0.3, 0.4) is 0 Å². The van der Waals surface area contributed by atoms with Crippen molar-refractivity contribution in [2.24, 2.45) is 5.73 Å². The molecule has 18 heavy (non-hydrogen) atoms. The van der Waals surface area contributed by atoms with E-state index in [1.54, 1.807) is 0 Å². The van der Waals surface area contributed by atoms with Crippen molar-refractivity contribution < 1.29 is 4.74 Å². The summed E-state index contributed by atoms with van der Waals surface area (Å²) in [6.07, 6.45) is 2.58. The Balaban J connectivity index is 2.08. The van der Waals surface area contributed by atoms with Gasteiger partial charge in [-0.25, -0.2) is 0 Å². The molecular formula is C15H24N2O. The minimum absolute atomic E-state index is 0.293. The summed E-state index contributed by atoms with van der Waals surface area (Å²) in [5.74, 6) is 0. The van der Waals surface area contributed by atoms with Gasteiger partial charge in [-0.15, -0.1) is 0 Å². The molecule has 1 aromatic carbocycles. The van der Waals surface area contributed by atoms with Crippen molar-refractivity contribution in [1.82, 2.24) is 0 Å². The largest absolute Gasteiger partial charge is 0.377 e. The molecule has 0 fully saturated rings. The Morgan fingerprint density at radius 3 is 2.89 bits per heavy atom. The van der Waals surface area contributed by atoms with E-state index in [0.29, 0.717) is 12.1 Å². The van der Waals surface area contributed by atoms with Crippen molar-refractivity contribution in [2.75, 3.05) is 24.6 Å². The fraction of sp³-hybridized carbons (Fsp3) is 0.600. The average molecular weight is 248 g/mol. The fourth-order valence-corrected chi connectivity index (χ4v) is 2.61. The number of hydrogen-bond acceptors (Lipinski definition) is 3. The number of fused-ring (bicyclic) bond motifs is 1. The van der Waals surface area contributed by atoms with Crippen molar-refractivity contribution in [2.45, 2.75) is 38.8 Å². The van der Waals surface area contributed by atoms with Crippen molar-refractivity contribution >= 4 is 5.69 Å². The number of aryl methyl sites for hydroxylation is 1. The molecule has 0 saturated carbocycles. The van der Waals surface area contributed by atoms with Gasteiger partial charge in [-0.1, -0.05) is 18.2 Å². The molecule has 1 aliphatic heterocycles. The summed E-state index contributed by atoms with van der Waals surface area (Å²) in [5, 5.41) is 0. The van der Waals surface area contributed by atoms with Gasteiger partial charge in [-0.05, 0) is 38.3 Å². The lowest BCUT2D eigenvalue weighted by Gasteiger charge is -2.38. The van der Waals surface area contributed by atoms with Gasteiger partial charge in [-0.3, -0.25) is 0 Å². The third-order valence-corrected chi connectivity index (χ3v) is 3.54. The summed E-state index contributed by atoms with van der Waals surface area (Å²) in [6, 6.07) is 9.10. The number of ether oxygens (including phenoxy) is 1. The lowest BCUT2D eigenvalue weighted by atomic mass is 9.96. The fourth-order valence-electron chi connectivity index (χ4n) is 2.61. The highest BCUT2D eigenvalue weighted by atomic mass is 16.5. The van der Waals surface area contributed by atoms with Crippen LogP contribution in [-0.4, -0.2) is 31.8 Å². The first kappa shape index (κ1) is 13.4. The van der Waals surface area contributed by atoms with E-state index in [0.717, 1.165) is 32.5 Å². The van der Waals surface area contributed by atoms with E-state index in [4.69, 9.17) is 10.5 Å². The van der Waals surface area contributed by atoms with Gasteiger partial charge < -0.3 is 15.4 Å². The maximum Gasteiger partial charge on any atom is 0.0645 e. The lowest BCUT2D eigenvalue weighted by molar-refractivity contribution is 0.0829. The first-order valence-electron chi connectivity index (χ1n) is 6.88. The molecule has 0 spiro atoms. The highest BCUT2D eigenvalue weighted by molar-refractivity contribution is 5.56. The molecule has 2 rings (SSSR count). The molecular weight excluding hydrogens is 224 g/mol. The van der Waals surface area contributed by atoms with E-state index in [2.05, 4.69) is 43.0 Å². The number of benzene rings is 1. The Kier molecular flexibility index (Phi) is 4.61. The zero-order valence-electron chi connectivity index (χ0n) is 11.4. The number of para-hydroxylation sites is 1. The summed E-state index contributed by atoms with van der Waals surface area (Å²) in [6.45, 7) is 6.56. The van der Waals surface area contributed by atoms with Crippen LogP contribution in [0.2, 0.25) is 0 Å².